The summed E-state index contributed by atoms with van der Waals surface area (Å²) in [6, 6.07) is 11.3. The summed E-state index contributed by atoms with van der Waals surface area (Å²) in [4.78, 5) is 33.0. The van der Waals surface area contributed by atoms with Crippen molar-refractivity contribution in [1.82, 2.24) is 9.97 Å². The van der Waals surface area contributed by atoms with Crippen LogP contribution in [-0.4, -0.2) is 21.7 Å². The van der Waals surface area contributed by atoms with Crippen LogP contribution in [0.15, 0.2) is 54.7 Å². The number of rotatable bonds is 3. The van der Waals surface area contributed by atoms with Crippen LogP contribution in [0.25, 0.3) is 0 Å². The summed E-state index contributed by atoms with van der Waals surface area (Å²) < 4.78 is 26.4. The number of hydrogen-bond acceptors (Lipinski definition) is 4. The minimum absolute atomic E-state index is 0.0422. The van der Waals surface area contributed by atoms with Crippen LogP contribution >= 0.6 is 0 Å². The van der Waals surface area contributed by atoms with E-state index >= 15 is 0 Å². The molecule has 0 bridgehead atoms. The summed E-state index contributed by atoms with van der Waals surface area (Å²) in [5.74, 6) is -1.58. The molecule has 1 amide bonds. The second-order valence-electron chi connectivity index (χ2n) is 6.60. The number of fused-ring (bicyclic) bond motifs is 1. The zero-order valence-electron chi connectivity index (χ0n) is 14.7. The van der Waals surface area contributed by atoms with Gasteiger partial charge < -0.3 is 0 Å². The fourth-order valence-electron chi connectivity index (χ4n) is 3.28. The van der Waals surface area contributed by atoms with Crippen molar-refractivity contribution < 1.29 is 18.4 Å². The minimum atomic E-state index is -0.545. The summed E-state index contributed by atoms with van der Waals surface area (Å²) in [5, 5.41) is 2.52. The van der Waals surface area contributed by atoms with Crippen molar-refractivity contribution >= 4 is 17.6 Å². The second kappa shape index (κ2) is 7.26. The molecule has 0 saturated carbocycles. The number of benzene rings is 2. The Kier molecular flexibility index (Phi) is 4.65. The number of carbonyl (C=O) groups is 2. The van der Waals surface area contributed by atoms with E-state index in [1.54, 1.807) is 12.1 Å². The van der Waals surface area contributed by atoms with Gasteiger partial charge in [0, 0.05) is 18.2 Å². The lowest BCUT2D eigenvalue weighted by molar-refractivity contribution is 0.0962. The van der Waals surface area contributed by atoms with Crippen molar-refractivity contribution in [2.45, 2.75) is 18.8 Å². The van der Waals surface area contributed by atoms with Gasteiger partial charge in [0.1, 0.15) is 11.6 Å². The van der Waals surface area contributed by atoms with Gasteiger partial charge in [0.15, 0.2) is 5.78 Å². The first-order chi connectivity index (χ1) is 13.5. The Hall–Kier alpha value is -3.48. The fraction of sp³-hybridized carbons (Fsp3) is 0.143. The topological polar surface area (TPSA) is 72.0 Å². The number of aromatic nitrogens is 2. The van der Waals surface area contributed by atoms with E-state index in [1.807, 2.05) is 0 Å². The number of halogens is 2. The Morgan fingerprint density at radius 3 is 2.57 bits per heavy atom. The van der Waals surface area contributed by atoms with Crippen molar-refractivity contribution in [1.29, 1.82) is 0 Å². The smallest absolute Gasteiger partial charge is 0.258 e. The number of nitrogens with one attached hydrogen (secondary N) is 1. The molecule has 4 rings (SSSR count). The molecule has 28 heavy (non-hydrogen) atoms. The quantitative estimate of drug-likeness (QED) is 0.749. The summed E-state index contributed by atoms with van der Waals surface area (Å²) in [7, 11) is 0. The SMILES string of the molecule is O=C(Nc1ncc2c(n1)CC(c1ccc(F)cc1)CC2=O)c1cccc(F)c1. The second-order valence-corrected chi connectivity index (χ2v) is 6.60. The van der Waals surface area contributed by atoms with Gasteiger partial charge >= 0.3 is 0 Å². The molecule has 1 heterocycles. The average Bonchev–Trinajstić information content (AvgIpc) is 2.68. The molecule has 1 aliphatic rings. The van der Waals surface area contributed by atoms with Crippen molar-refractivity contribution in [3.8, 4) is 0 Å². The molecule has 1 N–H and O–H groups in total. The number of hydrogen-bond donors (Lipinski definition) is 1. The maximum atomic E-state index is 13.3. The van der Waals surface area contributed by atoms with Gasteiger partial charge in [0.05, 0.1) is 11.3 Å². The molecule has 1 atom stereocenters. The normalized spacial score (nSPS) is 15.8. The predicted octanol–water partition coefficient (Wildman–Crippen LogP) is 3.92. The van der Waals surface area contributed by atoms with E-state index in [0.29, 0.717) is 17.7 Å². The Morgan fingerprint density at radius 2 is 1.82 bits per heavy atom. The van der Waals surface area contributed by atoms with Gasteiger partial charge in [-0.25, -0.2) is 18.7 Å². The van der Waals surface area contributed by atoms with E-state index in [1.165, 1.54) is 36.5 Å². The predicted molar refractivity (Wildman–Crippen MR) is 98.2 cm³/mol. The highest BCUT2D eigenvalue weighted by atomic mass is 19.1. The standard InChI is InChI=1S/C21H15F2N3O2/c22-15-6-4-12(5-7-15)14-9-18-17(19(27)10-14)11-24-21(25-18)26-20(28)13-2-1-3-16(23)8-13/h1-8,11,14H,9-10H2,(H,24,25,26,28). The lowest BCUT2D eigenvalue weighted by Crippen LogP contribution is -2.22. The largest absolute Gasteiger partial charge is 0.294 e. The monoisotopic (exact) mass is 379 g/mol. The molecule has 3 aromatic rings. The fourth-order valence-corrected chi connectivity index (χ4v) is 3.28. The number of amides is 1. The van der Waals surface area contributed by atoms with E-state index in [-0.39, 0.29) is 35.5 Å². The van der Waals surface area contributed by atoms with Crippen LogP contribution in [0.3, 0.4) is 0 Å². The molecule has 5 nitrogen and oxygen atoms in total. The van der Waals surface area contributed by atoms with Crippen molar-refractivity contribution in [2.24, 2.45) is 0 Å². The van der Waals surface area contributed by atoms with Crippen molar-refractivity contribution in [2.75, 3.05) is 5.32 Å². The zero-order valence-corrected chi connectivity index (χ0v) is 14.7. The third kappa shape index (κ3) is 3.64. The van der Waals surface area contributed by atoms with Gasteiger partial charge in [-0.2, -0.15) is 0 Å². The molecule has 1 aliphatic carbocycles. The molecule has 1 aromatic heterocycles. The van der Waals surface area contributed by atoms with Crippen LogP contribution < -0.4 is 5.32 Å². The Labute approximate surface area is 159 Å². The van der Waals surface area contributed by atoms with Gasteiger partial charge in [-0.15, -0.1) is 0 Å². The Balaban J connectivity index is 1.57. The third-order valence-electron chi connectivity index (χ3n) is 4.69. The summed E-state index contributed by atoms with van der Waals surface area (Å²) >= 11 is 0. The van der Waals surface area contributed by atoms with E-state index in [0.717, 1.165) is 11.6 Å². The summed E-state index contributed by atoms with van der Waals surface area (Å²) in [5.41, 5.74) is 1.93. The molecule has 0 aliphatic heterocycles. The molecule has 140 valence electrons. The van der Waals surface area contributed by atoms with Gasteiger partial charge in [0.25, 0.3) is 5.91 Å². The molecular weight excluding hydrogens is 364 g/mol. The van der Waals surface area contributed by atoms with E-state index in [4.69, 9.17) is 0 Å². The maximum absolute atomic E-state index is 13.3. The first-order valence-corrected chi connectivity index (χ1v) is 8.71. The minimum Gasteiger partial charge on any atom is -0.294 e. The Bertz CT molecular complexity index is 1070. The number of carbonyl (C=O) groups excluding carboxylic acids is 2. The molecule has 0 radical (unpaired) electrons. The highest BCUT2D eigenvalue weighted by Crippen LogP contribution is 2.32. The van der Waals surface area contributed by atoms with Crippen LogP contribution in [0.2, 0.25) is 0 Å². The molecule has 7 heteroatoms. The summed E-state index contributed by atoms with van der Waals surface area (Å²) in [6.07, 6.45) is 2.15. The number of nitrogens with zero attached hydrogens (tertiary/aromatic N) is 2. The highest BCUT2D eigenvalue weighted by molar-refractivity contribution is 6.03. The lowest BCUT2D eigenvalue weighted by Gasteiger charge is -2.23. The average molecular weight is 379 g/mol. The van der Waals surface area contributed by atoms with Gasteiger partial charge in [-0.1, -0.05) is 18.2 Å². The summed E-state index contributed by atoms with van der Waals surface area (Å²) in [6.45, 7) is 0. The molecule has 0 saturated heterocycles. The number of ketones is 1. The molecule has 0 fully saturated rings. The lowest BCUT2D eigenvalue weighted by atomic mass is 9.82. The van der Waals surface area contributed by atoms with E-state index in [9.17, 15) is 18.4 Å². The van der Waals surface area contributed by atoms with Crippen LogP contribution in [0.5, 0.6) is 0 Å². The third-order valence-corrected chi connectivity index (χ3v) is 4.69. The van der Waals surface area contributed by atoms with Crippen molar-refractivity contribution in [3.63, 3.8) is 0 Å². The molecule has 2 aromatic carbocycles. The van der Waals surface area contributed by atoms with E-state index < -0.39 is 11.7 Å². The molecule has 0 spiro atoms. The van der Waals surface area contributed by atoms with Gasteiger partial charge in [0.2, 0.25) is 5.95 Å². The van der Waals surface area contributed by atoms with Crippen LogP contribution in [-0.2, 0) is 6.42 Å². The first kappa shape index (κ1) is 17.9. The van der Waals surface area contributed by atoms with Crippen LogP contribution in [0, 0.1) is 11.6 Å². The Morgan fingerprint density at radius 1 is 1.04 bits per heavy atom. The van der Waals surface area contributed by atoms with Crippen LogP contribution in [0.4, 0.5) is 14.7 Å². The number of anilines is 1. The van der Waals surface area contributed by atoms with Crippen molar-refractivity contribution in [3.05, 3.63) is 88.7 Å². The highest BCUT2D eigenvalue weighted by Gasteiger charge is 2.28. The van der Waals surface area contributed by atoms with Gasteiger partial charge in [-0.3, -0.25) is 14.9 Å². The van der Waals surface area contributed by atoms with Gasteiger partial charge in [-0.05, 0) is 48.2 Å². The first-order valence-electron chi connectivity index (χ1n) is 8.71. The van der Waals surface area contributed by atoms with E-state index in [2.05, 4.69) is 15.3 Å². The maximum Gasteiger partial charge on any atom is 0.258 e. The molecular formula is C21H15F2N3O2. The molecule has 1 unspecified atom stereocenters. The zero-order chi connectivity index (χ0) is 19.7. The van der Waals surface area contributed by atoms with Crippen LogP contribution in [0.1, 0.15) is 44.3 Å². The number of Topliss-reactive ketones (excluding diaryl/α,β-unsaturated/α-hetero) is 1.